The molecule has 7 rings (SSSR count). The topological polar surface area (TPSA) is 175 Å². The van der Waals surface area contributed by atoms with Crippen molar-refractivity contribution in [3.05, 3.63) is 117 Å². The van der Waals surface area contributed by atoms with E-state index in [4.69, 9.17) is 16.3 Å². The molecule has 5 aromatic rings. The Morgan fingerprint density at radius 3 is 2.47 bits per heavy atom. The molecule has 0 aliphatic carbocycles. The van der Waals surface area contributed by atoms with Gasteiger partial charge in [0.1, 0.15) is 28.5 Å². The number of nitro groups is 1. The van der Waals surface area contributed by atoms with Crippen LogP contribution in [0.3, 0.4) is 0 Å². The number of rotatable bonds is 15. The molecule has 4 heterocycles. The lowest BCUT2D eigenvalue weighted by Crippen LogP contribution is -2.47. The second-order valence-electron chi connectivity index (χ2n) is 16.2. The van der Waals surface area contributed by atoms with Gasteiger partial charge < -0.3 is 25.3 Å². The van der Waals surface area contributed by atoms with Crippen molar-refractivity contribution in [3.8, 4) is 11.5 Å². The van der Waals surface area contributed by atoms with Crippen LogP contribution in [0.5, 0.6) is 11.5 Å². The van der Waals surface area contributed by atoms with E-state index in [9.17, 15) is 23.3 Å². The summed E-state index contributed by atoms with van der Waals surface area (Å²) >= 11 is 6.19. The molecule has 2 saturated heterocycles. The van der Waals surface area contributed by atoms with E-state index in [0.717, 1.165) is 42.7 Å². The van der Waals surface area contributed by atoms with E-state index in [0.29, 0.717) is 54.9 Å². The molecule has 14 nitrogen and oxygen atoms in total. The Morgan fingerprint density at radius 1 is 1.05 bits per heavy atom. The second kappa shape index (κ2) is 18.8. The maximum atomic E-state index is 15.5. The molecule has 0 atom stereocenters. The highest BCUT2D eigenvalue weighted by Crippen LogP contribution is 2.35. The molecule has 0 spiro atoms. The Labute approximate surface area is 363 Å². The van der Waals surface area contributed by atoms with E-state index in [-0.39, 0.29) is 29.9 Å². The molecular weight excluding hydrogens is 842 g/mol. The maximum Gasteiger partial charge on any atom is 0.296 e. The van der Waals surface area contributed by atoms with Gasteiger partial charge in [-0.3, -0.25) is 19.8 Å². The Kier molecular flexibility index (Phi) is 13.5. The summed E-state index contributed by atoms with van der Waals surface area (Å²) in [6.45, 7) is 10.5. The van der Waals surface area contributed by atoms with E-state index in [2.05, 4.69) is 63.3 Å². The fourth-order valence-corrected chi connectivity index (χ4v) is 8.97. The lowest BCUT2D eigenvalue weighted by atomic mass is 9.92. The fourth-order valence-electron chi connectivity index (χ4n) is 7.85. The van der Waals surface area contributed by atoms with Crippen LogP contribution < -0.4 is 25.0 Å². The molecule has 328 valence electrons. The lowest BCUT2D eigenvalue weighted by molar-refractivity contribution is -0.384. The number of pyridine rings is 1. The minimum absolute atomic E-state index is 0.0177. The SMILES string of the molecule is C/C(CN1CCN(c2ccc(C(=O)NS(=O)(=O)c3cc(F)c(NCC4(F)CCNCC4)c([N+](=O)[O-])c3)c(Oc3cnc4[nH]ccc4c3)c2)CC1)=C(\CC(C)C)c1ccc(Cl)cc1. The van der Waals surface area contributed by atoms with E-state index < -0.39 is 55.2 Å². The number of nitrogens with zero attached hydrogens (tertiary/aromatic N) is 4. The number of hydrogen-bond donors (Lipinski definition) is 4. The molecule has 0 radical (unpaired) electrons. The average molecular weight is 891 g/mol. The number of benzene rings is 3. The standard InChI is InChI=1S/C44H49ClF2N8O6S/c1-28(2)20-37(30-4-6-32(45)7-5-30)29(3)26-53-16-18-54(19-17-53)33-8-9-36(40(22-33)61-34-21-31-10-13-49-42(31)50-25-34)43(56)52-62(59,60)35-23-38(46)41(39(24-35)55(57)58)51-27-44(47)11-14-48-15-12-44/h4-10,13,21-25,28,48,51H,11-12,14-20,26-27H2,1-3H3,(H,49,50)(H,52,56)/b37-29-. The van der Waals surface area contributed by atoms with Crippen LogP contribution in [0.15, 0.2) is 89.6 Å². The molecule has 0 unspecified atom stereocenters. The molecule has 3 aromatic carbocycles. The Morgan fingerprint density at radius 2 is 1.77 bits per heavy atom. The summed E-state index contributed by atoms with van der Waals surface area (Å²) in [5.74, 6) is -1.66. The number of aromatic nitrogens is 2. The number of hydrogen-bond acceptors (Lipinski definition) is 11. The number of ether oxygens (including phenoxy) is 1. The van der Waals surface area contributed by atoms with Crippen molar-refractivity contribution in [2.24, 2.45) is 5.92 Å². The van der Waals surface area contributed by atoms with Crippen molar-refractivity contribution in [1.82, 2.24) is 24.9 Å². The Hall–Kier alpha value is -5.62. The normalized spacial score (nSPS) is 16.3. The minimum Gasteiger partial charge on any atom is -0.455 e. The van der Waals surface area contributed by atoms with Gasteiger partial charge in [0.15, 0.2) is 5.82 Å². The minimum atomic E-state index is -4.89. The number of piperidine rings is 1. The smallest absolute Gasteiger partial charge is 0.296 e. The summed E-state index contributed by atoms with van der Waals surface area (Å²) in [4.78, 5) is 36.0. The number of fused-ring (bicyclic) bond motifs is 1. The predicted molar refractivity (Wildman–Crippen MR) is 237 cm³/mol. The largest absolute Gasteiger partial charge is 0.455 e. The fraction of sp³-hybridized carbons (Fsp3) is 0.364. The molecule has 2 aliphatic heterocycles. The van der Waals surface area contributed by atoms with Crippen LogP contribution in [0.1, 0.15) is 56.0 Å². The van der Waals surface area contributed by atoms with Crippen molar-refractivity contribution in [3.63, 3.8) is 0 Å². The van der Waals surface area contributed by atoms with Gasteiger partial charge in [-0.25, -0.2) is 26.9 Å². The quantitative estimate of drug-likeness (QED) is 0.0588. The van der Waals surface area contributed by atoms with Gasteiger partial charge in [-0.15, -0.1) is 0 Å². The van der Waals surface area contributed by atoms with Crippen molar-refractivity contribution in [2.45, 2.75) is 50.6 Å². The summed E-state index contributed by atoms with van der Waals surface area (Å²) in [5.41, 5.74) is 1.59. The molecule has 2 aliphatic rings. The van der Waals surface area contributed by atoms with E-state index in [1.54, 1.807) is 30.5 Å². The summed E-state index contributed by atoms with van der Waals surface area (Å²) < 4.78 is 66.2. The van der Waals surface area contributed by atoms with Gasteiger partial charge >= 0.3 is 0 Å². The molecule has 1 amide bonds. The highest BCUT2D eigenvalue weighted by Gasteiger charge is 2.34. The van der Waals surface area contributed by atoms with Crippen LogP contribution in [-0.4, -0.2) is 92.1 Å². The van der Waals surface area contributed by atoms with Gasteiger partial charge in [-0.2, -0.15) is 0 Å². The summed E-state index contributed by atoms with van der Waals surface area (Å²) in [7, 11) is -4.89. The van der Waals surface area contributed by atoms with Crippen molar-refractivity contribution in [1.29, 1.82) is 0 Å². The molecular formula is C44H49ClF2N8O6S. The highest BCUT2D eigenvalue weighted by molar-refractivity contribution is 7.90. The van der Waals surface area contributed by atoms with Crippen LogP contribution >= 0.6 is 11.6 Å². The molecule has 62 heavy (non-hydrogen) atoms. The first kappa shape index (κ1) is 44.4. The third-order valence-electron chi connectivity index (χ3n) is 11.2. The molecule has 0 bridgehead atoms. The summed E-state index contributed by atoms with van der Waals surface area (Å²) in [6, 6.07) is 17.4. The first-order valence-corrected chi connectivity index (χ1v) is 22.3. The molecule has 2 aromatic heterocycles. The van der Waals surface area contributed by atoms with Crippen molar-refractivity contribution in [2.75, 3.05) is 62.6 Å². The van der Waals surface area contributed by atoms with Crippen molar-refractivity contribution < 1.29 is 31.7 Å². The number of amides is 1. The number of H-pyrrole nitrogens is 1. The number of sulfonamides is 1. The van der Waals surface area contributed by atoms with Gasteiger partial charge in [0.2, 0.25) is 0 Å². The summed E-state index contributed by atoms with van der Waals surface area (Å²) in [6.07, 6.45) is 4.33. The zero-order chi connectivity index (χ0) is 44.2. The van der Waals surface area contributed by atoms with E-state index in [1.807, 2.05) is 16.9 Å². The van der Waals surface area contributed by atoms with Crippen LogP contribution in [0.4, 0.5) is 25.8 Å². The van der Waals surface area contributed by atoms with E-state index in [1.165, 1.54) is 23.4 Å². The van der Waals surface area contributed by atoms with E-state index >= 15 is 8.78 Å². The number of carbonyl (C=O) groups excluding carboxylic acids is 1. The highest BCUT2D eigenvalue weighted by atomic mass is 35.5. The number of carbonyl (C=O) groups is 1. The first-order valence-electron chi connectivity index (χ1n) is 20.4. The zero-order valence-electron chi connectivity index (χ0n) is 34.6. The third-order valence-corrected chi connectivity index (χ3v) is 12.8. The number of nitro benzene ring substituents is 1. The molecule has 0 saturated carbocycles. The van der Waals surface area contributed by atoms with Crippen LogP contribution in [0, 0.1) is 21.8 Å². The molecule has 18 heteroatoms. The van der Waals surface area contributed by atoms with Crippen molar-refractivity contribution >= 4 is 61.2 Å². The first-order chi connectivity index (χ1) is 29.6. The number of anilines is 2. The molecule has 4 N–H and O–H groups in total. The van der Waals surface area contributed by atoms with Gasteiger partial charge in [-0.1, -0.05) is 43.2 Å². The number of allylic oxidation sites excluding steroid dienone is 1. The number of alkyl halides is 1. The average Bonchev–Trinajstić information content (AvgIpc) is 3.71. The Bertz CT molecular complexity index is 2590. The molecule has 2 fully saturated rings. The number of nitrogens with one attached hydrogen (secondary N) is 4. The third kappa shape index (κ3) is 10.5. The summed E-state index contributed by atoms with van der Waals surface area (Å²) in [5, 5.41) is 19.0. The van der Waals surface area contributed by atoms with Gasteiger partial charge in [-0.05, 0) is 98.8 Å². The monoisotopic (exact) mass is 890 g/mol. The predicted octanol–water partition coefficient (Wildman–Crippen LogP) is 8.32. The number of halogens is 3. The van der Waals surface area contributed by atoms with Gasteiger partial charge in [0.05, 0.1) is 21.6 Å². The zero-order valence-corrected chi connectivity index (χ0v) is 36.2. The van der Waals surface area contributed by atoms with Crippen LogP contribution in [-0.2, 0) is 10.0 Å². The maximum absolute atomic E-state index is 15.5. The van der Waals surface area contributed by atoms with Crippen LogP contribution in [0.2, 0.25) is 5.02 Å². The van der Waals surface area contributed by atoms with Gasteiger partial charge in [0, 0.05) is 73.7 Å². The van der Waals surface area contributed by atoms with Crippen LogP contribution in [0.25, 0.3) is 16.6 Å². The Balaban J connectivity index is 1.11. The lowest BCUT2D eigenvalue weighted by Gasteiger charge is -2.37. The number of piperazine rings is 1. The van der Waals surface area contributed by atoms with Gasteiger partial charge in [0.25, 0.3) is 21.6 Å². The second-order valence-corrected chi connectivity index (χ2v) is 18.4. The number of aromatic amines is 1.